The van der Waals surface area contributed by atoms with Gasteiger partial charge >= 0.3 is 6.09 Å². The third-order valence-electron chi connectivity index (χ3n) is 5.56. The fourth-order valence-electron chi connectivity index (χ4n) is 3.93. The van der Waals surface area contributed by atoms with Crippen LogP contribution in [0.2, 0.25) is 0 Å². The number of pyridine rings is 1. The van der Waals surface area contributed by atoms with Gasteiger partial charge in [0.1, 0.15) is 5.65 Å². The molecule has 35 heavy (non-hydrogen) atoms. The maximum absolute atomic E-state index is 12.6. The van der Waals surface area contributed by atoms with Gasteiger partial charge in [-0.2, -0.15) is 5.10 Å². The van der Waals surface area contributed by atoms with Crippen LogP contribution >= 0.6 is 0 Å². The molecule has 5 aromatic rings. The van der Waals surface area contributed by atoms with Crippen LogP contribution < -0.4 is 10.1 Å². The van der Waals surface area contributed by atoms with Gasteiger partial charge in [0.25, 0.3) is 0 Å². The van der Waals surface area contributed by atoms with Crippen LogP contribution in [0.15, 0.2) is 85.5 Å². The highest BCUT2D eigenvalue weighted by Gasteiger charge is 2.13. The number of ether oxygens (including phenoxy) is 1. The first kappa shape index (κ1) is 22.4. The predicted molar refractivity (Wildman–Crippen MR) is 136 cm³/mol. The normalized spacial score (nSPS) is 11.2. The Bertz CT molecular complexity index is 1440. The number of carbonyl (C=O) groups is 1. The number of hydrogen-bond donors (Lipinski definition) is 2. The zero-order valence-electron chi connectivity index (χ0n) is 19.6. The van der Waals surface area contributed by atoms with Crippen LogP contribution in [0.4, 0.5) is 10.5 Å². The summed E-state index contributed by atoms with van der Waals surface area (Å²) in [4.78, 5) is 22.3. The molecule has 8 heteroatoms. The Hall–Kier alpha value is -4.43. The molecule has 0 saturated heterocycles. The lowest BCUT2D eigenvalue weighted by Crippen LogP contribution is -2.16. The highest BCUT2D eigenvalue weighted by Crippen LogP contribution is 2.28. The molecule has 0 fully saturated rings. The molecule has 3 aromatic heterocycles. The van der Waals surface area contributed by atoms with Crippen molar-refractivity contribution in [2.45, 2.75) is 13.1 Å². The van der Waals surface area contributed by atoms with Crippen LogP contribution in [-0.4, -0.2) is 44.8 Å². The monoisotopic (exact) mass is 466 g/mol. The average molecular weight is 467 g/mol. The Morgan fingerprint density at radius 1 is 1.03 bits per heavy atom. The number of hydrogen-bond acceptors (Lipinski definition) is 5. The van der Waals surface area contributed by atoms with Gasteiger partial charge < -0.3 is 14.6 Å². The largest absolute Gasteiger partial charge is 0.417 e. The van der Waals surface area contributed by atoms with Crippen molar-refractivity contribution in [1.82, 2.24) is 24.6 Å². The minimum Gasteiger partial charge on any atom is -0.407 e. The molecule has 0 aliphatic carbocycles. The summed E-state index contributed by atoms with van der Waals surface area (Å²) in [6.45, 7) is 1.48. The maximum Gasteiger partial charge on any atom is 0.417 e. The fraction of sp³-hybridized carbons (Fsp3) is 0.148. The molecule has 0 unspecified atom stereocenters. The molecule has 0 atom stereocenters. The molecule has 2 aromatic carbocycles. The van der Waals surface area contributed by atoms with Gasteiger partial charge in [-0.1, -0.05) is 54.6 Å². The van der Waals surface area contributed by atoms with Gasteiger partial charge in [-0.3, -0.25) is 10.00 Å². The molecule has 0 aliphatic rings. The second-order valence-electron chi connectivity index (χ2n) is 8.63. The number of anilines is 1. The van der Waals surface area contributed by atoms with Crippen molar-refractivity contribution in [3.05, 3.63) is 96.6 Å². The Balaban J connectivity index is 1.27. The number of carbonyl (C=O) groups excluding carboxylic acids is 1. The quantitative estimate of drug-likeness (QED) is 0.346. The van der Waals surface area contributed by atoms with E-state index >= 15 is 0 Å². The lowest BCUT2D eigenvalue weighted by atomic mass is 10.0. The molecule has 0 spiro atoms. The van der Waals surface area contributed by atoms with Crippen molar-refractivity contribution in [2.75, 3.05) is 19.4 Å². The van der Waals surface area contributed by atoms with Crippen molar-refractivity contribution in [2.24, 2.45) is 0 Å². The van der Waals surface area contributed by atoms with Crippen molar-refractivity contribution < 1.29 is 9.53 Å². The first-order valence-electron chi connectivity index (χ1n) is 11.3. The smallest absolute Gasteiger partial charge is 0.407 e. The standard InChI is InChI=1S/C27H26N6O2/c1-32(2)16-20-8-10-21(11-9-20)22-12-24-25(15-29-26(24)28-13-22)31-27(34)35-23-14-30-33(18-23)17-19-6-4-3-5-7-19/h3-15,18H,16-17H2,1-2H3,(H,28,29)(H,31,34). The summed E-state index contributed by atoms with van der Waals surface area (Å²) in [7, 11) is 4.10. The third-order valence-corrected chi connectivity index (χ3v) is 5.56. The van der Waals surface area contributed by atoms with E-state index in [2.05, 4.69) is 49.5 Å². The van der Waals surface area contributed by atoms with E-state index in [0.717, 1.165) is 28.6 Å². The second kappa shape index (κ2) is 9.82. The van der Waals surface area contributed by atoms with Gasteiger partial charge in [-0.05, 0) is 36.9 Å². The number of nitrogens with zero attached hydrogens (tertiary/aromatic N) is 4. The van der Waals surface area contributed by atoms with Crippen LogP contribution in [0.5, 0.6) is 5.75 Å². The molecule has 5 rings (SSSR count). The Morgan fingerprint density at radius 3 is 2.60 bits per heavy atom. The van der Waals surface area contributed by atoms with E-state index in [-0.39, 0.29) is 0 Å². The zero-order valence-corrected chi connectivity index (χ0v) is 19.6. The number of benzene rings is 2. The second-order valence-corrected chi connectivity index (χ2v) is 8.63. The summed E-state index contributed by atoms with van der Waals surface area (Å²) in [5.41, 5.74) is 5.66. The molecule has 0 bridgehead atoms. The van der Waals surface area contributed by atoms with E-state index < -0.39 is 6.09 Å². The summed E-state index contributed by atoms with van der Waals surface area (Å²) in [5, 5.41) is 7.88. The SMILES string of the molecule is CN(C)Cc1ccc(-c2cnc3[nH]cc(NC(=O)Oc4cnn(Cc5ccccc5)c4)c3c2)cc1. The fourth-order valence-corrected chi connectivity index (χ4v) is 3.93. The van der Waals surface area contributed by atoms with Crippen LogP contribution in [-0.2, 0) is 13.1 Å². The average Bonchev–Trinajstić information content (AvgIpc) is 3.46. The summed E-state index contributed by atoms with van der Waals surface area (Å²) in [5.74, 6) is 0.370. The minimum absolute atomic E-state index is 0.370. The number of nitrogens with one attached hydrogen (secondary N) is 2. The van der Waals surface area contributed by atoms with Crippen molar-refractivity contribution >= 4 is 22.8 Å². The lowest BCUT2D eigenvalue weighted by Gasteiger charge is -2.10. The van der Waals surface area contributed by atoms with E-state index in [1.165, 1.54) is 11.8 Å². The van der Waals surface area contributed by atoms with Crippen LogP contribution in [0, 0.1) is 0 Å². The van der Waals surface area contributed by atoms with Gasteiger partial charge in [0.2, 0.25) is 0 Å². The molecule has 0 saturated carbocycles. The number of aromatic amines is 1. The number of fused-ring (bicyclic) bond motifs is 1. The van der Waals surface area contributed by atoms with E-state index in [9.17, 15) is 4.79 Å². The van der Waals surface area contributed by atoms with E-state index in [1.807, 2.05) is 56.7 Å². The lowest BCUT2D eigenvalue weighted by molar-refractivity contribution is 0.215. The first-order chi connectivity index (χ1) is 17.0. The third kappa shape index (κ3) is 5.39. The molecule has 176 valence electrons. The van der Waals surface area contributed by atoms with E-state index in [1.54, 1.807) is 17.1 Å². The Kier molecular flexibility index (Phi) is 6.28. The van der Waals surface area contributed by atoms with Crippen molar-refractivity contribution in [1.29, 1.82) is 0 Å². The minimum atomic E-state index is -0.594. The molecular formula is C27H26N6O2. The van der Waals surface area contributed by atoms with Crippen LogP contribution in [0.25, 0.3) is 22.2 Å². The summed E-state index contributed by atoms with van der Waals surface area (Å²) < 4.78 is 7.17. The van der Waals surface area contributed by atoms with Crippen molar-refractivity contribution in [3.63, 3.8) is 0 Å². The van der Waals surface area contributed by atoms with E-state index in [0.29, 0.717) is 23.6 Å². The van der Waals surface area contributed by atoms with Gasteiger partial charge in [0, 0.05) is 29.9 Å². The number of amides is 1. The summed E-state index contributed by atoms with van der Waals surface area (Å²) in [6.07, 6.45) is 6.16. The Labute approximate surface area is 203 Å². The van der Waals surface area contributed by atoms with E-state index in [4.69, 9.17) is 4.74 Å². The maximum atomic E-state index is 12.6. The van der Waals surface area contributed by atoms with Gasteiger partial charge in [0.15, 0.2) is 5.75 Å². The summed E-state index contributed by atoms with van der Waals surface area (Å²) in [6, 6.07) is 20.4. The molecule has 0 aliphatic heterocycles. The zero-order chi connectivity index (χ0) is 24.2. The van der Waals surface area contributed by atoms with Crippen LogP contribution in [0.1, 0.15) is 11.1 Å². The van der Waals surface area contributed by atoms with Gasteiger partial charge in [-0.15, -0.1) is 0 Å². The molecule has 1 amide bonds. The number of aromatic nitrogens is 4. The summed E-state index contributed by atoms with van der Waals surface area (Å²) >= 11 is 0. The highest BCUT2D eigenvalue weighted by molar-refractivity contribution is 6.00. The molecule has 8 nitrogen and oxygen atoms in total. The molecular weight excluding hydrogens is 440 g/mol. The number of rotatable bonds is 7. The van der Waals surface area contributed by atoms with Crippen LogP contribution in [0.3, 0.4) is 0 Å². The Morgan fingerprint density at radius 2 is 1.83 bits per heavy atom. The topological polar surface area (TPSA) is 88.1 Å². The van der Waals surface area contributed by atoms with Gasteiger partial charge in [0.05, 0.1) is 24.6 Å². The molecule has 3 heterocycles. The van der Waals surface area contributed by atoms with Gasteiger partial charge in [-0.25, -0.2) is 9.78 Å². The highest BCUT2D eigenvalue weighted by atomic mass is 16.6. The predicted octanol–water partition coefficient (Wildman–Crippen LogP) is 5.15. The number of H-pyrrole nitrogens is 1. The molecule has 0 radical (unpaired) electrons. The molecule has 2 N–H and O–H groups in total. The van der Waals surface area contributed by atoms with Crippen molar-refractivity contribution in [3.8, 4) is 16.9 Å². The first-order valence-corrected chi connectivity index (χ1v) is 11.3.